The van der Waals surface area contributed by atoms with Gasteiger partial charge in [0.05, 0.1) is 26.2 Å². The van der Waals surface area contributed by atoms with Gasteiger partial charge in [-0.3, -0.25) is 0 Å². The molecule has 1 aliphatic heterocycles. The fraction of sp³-hybridized carbons (Fsp3) is 1.00. The molecule has 0 spiro atoms. The van der Waals surface area contributed by atoms with E-state index in [4.69, 9.17) is 0 Å². The van der Waals surface area contributed by atoms with E-state index in [1.165, 1.54) is 94.9 Å². The third-order valence-electron chi connectivity index (χ3n) is 4.49. The van der Waals surface area contributed by atoms with Gasteiger partial charge in [-0.15, -0.1) is 0 Å². The third-order valence-corrected chi connectivity index (χ3v) is 4.49. The highest BCUT2D eigenvalue weighted by molar-refractivity contribution is 6.50. The van der Waals surface area contributed by atoms with Crippen molar-refractivity contribution in [3.8, 4) is 0 Å². The van der Waals surface area contributed by atoms with Gasteiger partial charge in [-0.05, 0) is 25.7 Å². The van der Waals surface area contributed by atoms with Gasteiger partial charge in [0.15, 0.2) is 0 Å². The SMILES string of the molecule is CCCCCC[N+]1(CCCCCC)CCCC1.F[B-](F)(F)F. The van der Waals surface area contributed by atoms with Crippen molar-refractivity contribution in [2.75, 3.05) is 26.2 Å². The van der Waals surface area contributed by atoms with Gasteiger partial charge in [-0.1, -0.05) is 39.5 Å². The highest BCUT2D eigenvalue weighted by Crippen LogP contribution is 2.22. The van der Waals surface area contributed by atoms with Crippen LogP contribution in [0.4, 0.5) is 17.3 Å². The van der Waals surface area contributed by atoms with Crippen LogP contribution < -0.4 is 0 Å². The molecule has 1 saturated heterocycles. The molecule has 0 aromatic heterocycles. The average Bonchev–Trinajstić information content (AvgIpc) is 2.87. The quantitative estimate of drug-likeness (QED) is 0.198. The second-order valence-corrected chi connectivity index (χ2v) is 6.56. The van der Waals surface area contributed by atoms with E-state index < -0.39 is 7.25 Å². The van der Waals surface area contributed by atoms with Crippen molar-refractivity contribution in [1.29, 1.82) is 0 Å². The number of hydrogen-bond donors (Lipinski definition) is 0. The number of unbranched alkanes of at least 4 members (excludes halogenated alkanes) is 6. The number of rotatable bonds is 10. The fourth-order valence-corrected chi connectivity index (χ4v) is 3.31. The zero-order valence-corrected chi connectivity index (χ0v) is 14.4. The monoisotopic (exact) mass is 327 g/mol. The van der Waals surface area contributed by atoms with Gasteiger partial charge >= 0.3 is 7.25 Å². The van der Waals surface area contributed by atoms with Gasteiger partial charge < -0.3 is 21.7 Å². The molecule has 0 atom stereocenters. The maximum absolute atomic E-state index is 9.75. The summed E-state index contributed by atoms with van der Waals surface area (Å²) in [5.41, 5.74) is 0. The van der Waals surface area contributed by atoms with Crippen molar-refractivity contribution in [3.05, 3.63) is 0 Å². The highest BCUT2D eigenvalue weighted by atomic mass is 19.5. The largest absolute Gasteiger partial charge is 0.673 e. The first kappa shape index (κ1) is 21.7. The lowest BCUT2D eigenvalue weighted by molar-refractivity contribution is -0.917. The summed E-state index contributed by atoms with van der Waals surface area (Å²) in [6.45, 7) is 10.5. The van der Waals surface area contributed by atoms with Gasteiger partial charge in [0.2, 0.25) is 0 Å². The van der Waals surface area contributed by atoms with Gasteiger partial charge in [-0.2, -0.15) is 0 Å². The first-order valence-corrected chi connectivity index (χ1v) is 9.05. The molecule has 134 valence electrons. The van der Waals surface area contributed by atoms with E-state index in [0.717, 1.165) is 0 Å². The molecule has 0 aromatic carbocycles. The molecule has 0 unspecified atom stereocenters. The smallest absolute Gasteiger partial charge is 0.418 e. The number of quaternary nitrogens is 1. The van der Waals surface area contributed by atoms with E-state index >= 15 is 0 Å². The summed E-state index contributed by atoms with van der Waals surface area (Å²) in [6.07, 6.45) is 14.5. The summed E-state index contributed by atoms with van der Waals surface area (Å²) in [7, 11) is -6.00. The van der Waals surface area contributed by atoms with E-state index in [-0.39, 0.29) is 0 Å². The van der Waals surface area contributed by atoms with Gasteiger partial charge in [-0.25, -0.2) is 0 Å². The second-order valence-electron chi connectivity index (χ2n) is 6.56. The van der Waals surface area contributed by atoms with E-state index in [9.17, 15) is 17.3 Å². The summed E-state index contributed by atoms with van der Waals surface area (Å²) < 4.78 is 40.5. The molecule has 1 rings (SSSR count). The maximum Gasteiger partial charge on any atom is 0.673 e. The molecule has 1 fully saturated rings. The zero-order chi connectivity index (χ0) is 16.9. The summed E-state index contributed by atoms with van der Waals surface area (Å²) in [4.78, 5) is 0. The van der Waals surface area contributed by atoms with Crippen LogP contribution in [0.3, 0.4) is 0 Å². The van der Waals surface area contributed by atoms with Gasteiger partial charge in [0.1, 0.15) is 0 Å². The van der Waals surface area contributed by atoms with Crippen LogP contribution in [0.25, 0.3) is 0 Å². The van der Waals surface area contributed by atoms with Crippen molar-refractivity contribution in [2.45, 2.75) is 78.1 Å². The number of halogens is 4. The Labute approximate surface area is 134 Å². The Balaban J connectivity index is 0.000000763. The zero-order valence-electron chi connectivity index (χ0n) is 14.4. The first-order chi connectivity index (χ1) is 10.3. The molecule has 0 bridgehead atoms. The molecule has 6 heteroatoms. The summed E-state index contributed by atoms with van der Waals surface area (Å²) in [5.74, 6) is 0. The van der Waals surface area contributed by atoms with Crippen LogP contribution in [0.1, 0.15) is 78.1 Å². The van der Waals surface area contributed by atoms with Crippen LogP contribution >= 0.6 is 0 Å². The van der Waals surface area contributed by atoms with E-state index in [0.29, 0.717) is 0 Å². The lowest BCUT2D eigenvalue weighted by Crippen LogP contribution is -2.46. The standard InChI is InChI=1S/C16H34N.BF4/c1-3-5-7-9-13-17(15-11-12-16-17)14-10-8-6-4-2;2-1(3,4)5/h3-16H2,1-2H3;/q+1;-1. The first-order valence-electron chi connectivity index (χ1n) is 9.05. The Morgan fingerprint density at radius 1 is 0.682 bits per heavy atom. The Hall–Kier alpha value is -0.255. The molecule has 0 aromatic rings. The van der Waals surface area contributed by atoms with E-state index in [2.05, 4.69) is 13.8 Å². The predicted molar refractivity (Wildman–Crippen MR) is 87.4 cm³/mol. The van der Waals surface area contributed by atoms with E-state index in [1.807, 2.05) is 0 Å². The summed E-state index contributed by atoms with van der Waals surface area (Å²) in [6, 6.07) is 0. The minimum absolute atomic E-state index is 1.37. The van der Waals surface area contributed by atoms with Crippen LogP contribution in [0.5, 0.6) is 0 Å². The van der Waals surface area contributed by atoms with Crippen molar-refractivity contribution in [2.24, 2.45) is 0 Å². The van der Waals surface area contributed by atoms with Gasteiger partial charge in [0, 0.05) is 12.8 Å². The molecule has 0 N–H and O–H groups in total. The van der Waals surface area contributed by atoms with Crippen molar-refractivity contribution in [3.63, 3.8) is 0 Å². The lowest BCUT2D eigenvalue weighted by Gasteiger charge is -2.34. The fourth-order valence-electron chi connectivity index (χ4n) is 3.31. The molecule has 0 saturated carbocycles. The molecular weight excluding hydrogens is 293 g/mol. The molecule has 0 radical (unpaired) electrons. The molecule has 0 aliphatic carbocycles. The summed E-state index contributed by atoms with van der Waals surface area (Å²) >= 11 is 0. The van der Waals surface area contributed by atoms with Crippen LogP contribution in [-0.4, -0.2) is 37.9 Å². The average molecular weight is 327 g/mol. The number of likely N-dealkylation sites (tertiary alicyclic amines) is 1. The molecular formula is C16H34BF4N. The number of nitrogens with zero attached hydrogens (tertiary/aromatic N) is 1. The number of hydrogen-bond acceptors (Lipinski definition) is 0. The third kappa shape index (κ3) is 13.4. The minimum atomic E-state index is -6.00. The minimum Gasteiger partial charge on any atom is -0.418 e. The molecule has 1 nitrogen and oxygen atoms in total. The van der Waals surface area contributed by atoms with Crippen LogP contribution in [0.2, 0.25) is 0 Å². The maximum atomic E-state index is 9.75. The summed E-state index contributed by atoms with van der Waals surface area (Å²) in [5, 5.41) is 0. The Morgan fingerprint density at radius 2 is 1.05 bits per heavy atom. The van der Waals surface area contributed by atoms with Crippen molar-refractivity contribution < 1.29 is 21.7 Å². The molecule has 22 heavy (non-hydrogen) atoms. The predicted octanol–water partition coefficient (Wildman–Crippen LogP) is 6.06. The Bertz CT molecular complexity index is 233. The van der Waals surface area contributed by atoms with Crippen molar-refractivity contribution in [1.82, 2.24) is 0 Å². The Morgan fingerprint density at radius 3 is 1.36 bits per heavy atom. The van der Waals surface area contributed by atoms with Gasteiger partial charge in [0.25, 0.3) is 0 Å². The van der Waals surface area contributed by atoms with Crippen LogP contribution in [0.15, 0.2) is 0 Å². The molecule has 1 heterocycles. The molecule has 1 aliphatic rings. The highest BCUT2D eigenvalue weighted by Gasteiger charge is 2.30. The van der Waals surface area contributed by atoms with Crippen LogP contribution in [0, 0.1) is 0 Å². The van der Waals surface area contributed by atoms with Crippen LogP contribution in [-0.2, 0) is 0 Å². The van der Waals surface area contributed by atoms with E-state index in [1.54, 1.807) is 0 Å². The normalized spacial score (nSPS) is 17.2. The topological polar surface area (TPSA) is 0 Å². The Kier molecular flexibility index (Phi) is 12.1. The second kappa shape index (κ2) is 12.2. The lowest BCUT2D eigenvalue weighted by atomic mass is 10.1. The van der Waals surface area contributed by atoms with Crippen molar-refractivity contribution >= 4 is 7.25 Å². The molecule has 0 amide bonds.